The van der Waals surface area contributed by atoms with Crippen molar-refractivity contribution in [3.63, 3.8) is 0 Å². The Morgan fingerprint density at radius 2 is 1.97 bits per heavy atom. The largest absolute Gasteiger partial charge is 0.333 e. The molecule has 2 aromatic carbocycles. The highest BCUT2D eigenvalue weighted by molar-refractivity contribution is 6.32. The number of amides is 1. The number of halogens is 1. The zero-order chi connectivity index (χ0) is 23.9. The molecule has 0 spiro atoms. The normalized spacial score (nSPS) is 17.8. The molecule has 0 radical (unpaired) electrons. The SMILES string of the molecule is CC(c1nc2ccccc2c(=O)n1C)N1CCN(C(=O)c2ccc(Cl)c([N+](=O)[O-])c2)C(C)C1. The molecule has 3 aromatic rings. The molecule has 0 N–H and O–H groups in total. The lowest BCUT2D eigenvalue weighted by molar-refractivity contribution is -0.384. The van der Waals surface area contributed by atoms with E-state index in [0.717, 1.165) is 0 Å². The fourth-order valence-electron chi connectivity index (χ4n) is 4.36. The first kappa shape index (κ1) is 22.9. The average molecular weight is 470 g/mol. The molecule has 4 rings (SSSR count). The summed E-state index contributed by atoms with van der Waals surface area (Å²) in [5.74, 6) is 0.393. The molecule has 2 heterocycles. The molecular formula is C23H24ClN5O4. The fourth-order valence-corrected chi connectivity index (χ4v) is 4.55. The number of nitrogens with zero attached hydrogens (tertiary/aromatic N) is 5. The molecule has 33 heavy (non-hydrogen) atoms. The van der Waals surface area contributed by atoms with Crippen LogP contribution in [0.2, 0.25) is 5.02 Å². The minimum absolute atomic E-state index is 0.00302. The van der Waals surface area contributed by atoms with E-state index in [2.05, 4.69) is 4.90 Å². The number of hydrogen-bond acceptors (Lipinski definition) is 6. The van der Waals surface area contributed by atoms with E-state index in [1.165, 1.54) is 18.2 Å². The molecule has 1 fully saturated rings. The van der Waals surface area contributed by atoms with Gasteiger partial charge in [0.15, 0.2) is 0 Å². The third kappa shape index (κ3) is 4.21. The van der Waals surface area contributed by atoms with E-state index >= 15 is 0 Å². The Kier molecular flexibility index (Phi) is 6.18. The van der Waals surface area contributed by atoms with Gasteiger partial charge in [0.25, 0.3) is 17.2 Å². The van der Waals surface area contributed by atoms with Gasteiger partial charge in [-0.3, -0.25) is 29.2 Å². The van der Waals surface area contributed by atoms with Crippen molar-refractivity contribution >= 4 is 34.1 Å². The molecule has 1 aliphatic rings. The maximum atomic E-state index is 13.1. The lowest BCUT2D eigenvalue weighted by Crippen LogP contribution is -2.54. The molecule has 2 atom stereocenters. The smallest absolute Gasteiger partial charge is 0.288 e. The second-order valence-electron chi connectivity index (χ2n) is 8.29. The number of benzene rings is 2. The number of nitro groups is 1. The summed E-state index contributed by atoms with van der Waals surface area (Å²) in [6.45, 7) is 5.54. The first-order chi connectivity index (χ1) is 15.7. The molecule has 0 aliphatic carbocycles. The minimum Gasteiger partial charge on any atom is -0.333 e. The number of fused-ring (bicyclic) bond motifs is 1. The Morgan fingerprint density at radius 3 is 2.67 bits per heavy atom. The highest BCUT2D eigenvalue weighted by atomic mass is 35.5. The summed E-state index contributed by atoms with van der Waals surface area (Å²) in [7, 11) is 1.73. The molecule has 0 saturated carbocycles. The van der Waals surface area contributed by atoms with Crippen molar-refractivity contribution in [1.29, 1.82) is 0 Å². The van der Waals surface area contributed by atoms with Gasteiger partial charge >= 0.3 is 0 Å². The molecule has 1 amide bonds. The summed E-state index contributed by atoms with van der Waals surface area (Å²) in [6, 6.07) is 11.1. The van der Waals surface area contributed by atoms with Crippen molar-refractivity contribution in [2.24, 2.45) is 7.05 Å². The number of para-hydroxylation sites is 1. The molecule has 172 valence electrons. The maximum absolute atomic E-state index is 13.1. The van der Waals surface area contributed by atoms with Crippen LogP contribution in [0, 0.1) is 10.1 Å². The Balaban J connectivity index is 1.54. The van der Waals surface area contributed by atoms with E-state index < -0.39 is 4.92 Å². The van der Waals surface area contributed by atoms with Crippen molar-refractivity contribution in [3.8, 4) is 0 Å². The summed E-state index contributed by atoms with van der Waals surface area (Å²) < 4.78 is 1.59. The highest BCUT2D eigenvalue weighted by Gasteiger charge is 2.32. The monoisotopic (exact) mass is 469 g/mol. The Labute approximate surface area is 195 Å². The molecule has 2 unspecified atom stereocenters. The van der Waals surface area contributed by atoms with Crippen molar-refractivity contribution in [2.75, 3.05) is 19.6 Å². The van der Waals surface area contributed by atoms with Gasteiger partial charge in [-0.05, 0) is 38.1 Å². The number of aromatic nitrogens is 2. The number of piperazine rings is 1. The Morgan fingerprint density at radius 1 is 1.24 bits per heavy atom. The lowest BCUT2D eigenvalue weighted by atomic mass is 10.1. The second-order valence-corrected chi connectivity index (χ2v) is 8.70. The van der Waals surface area contributed by atoms with Gasteiger partial charge in [-0.15, -0.1) is 0 Å². The van der Waals surface area contributed by atoms with Crippen LogP contribution in [0.3, 0.4) is 0 Å². The van der Waals surface area contributed by atoms with Gasteiger partial charge in [0.1, 0.15) is 10.8 Å². The molecular weight excluding hydrogens is 446 g/mol. The second kappa shape index (κ2) is 8.92. The fraction of sp³-hybridized carbons (Fsp3) is 0.348. The van der Waals surface area contributed by atoms with Gasteiger partial charge in [-0.2, -0.15) is 0 Å². The number of carbonyl (C=O) groups is 1. The van der Waals surface area contributed by atoms with Gasteiger partial charge in [0.05, 0.1) is 21.9 Å². The van der Waals surface area contributed by atoms with Crippen LogP contribution in [0.4, 0.5) is 5.69 Å². The van der Waals surface area contributed by atoms with Gasteiger partial charge in [-0.25, -0.2) is 4.98 Å². The van der Waals surface area contributed by atoms with E-state index in [9.17, 15) is 19.7 Å². The Bertz CT molecular complexity index is 1310. The summed E-state index contributed by atoms with van der Waals surface area (Å²) in [6.07, 6.45) is 0. The van der Waals surface area contributed by atoms with Gasteiger partial charge in [0.2, 0.25) is 0 Å². The number of rotatable bonds is 4. The van der Waals surface area contributed by atoms with Crippen LogP contribution < -0.4 is 5.56 Å². The van der Waals surface area contributed by atoms with Crippen molar-refractivity contribution < 1.29 is 9.72 Å². The van der Waals surface area contributed by atoms with Crippen LogP contribution in [-0.2, 0) is 7.05 Å². The summed E-state index contributed by atoms with van der Waals surface area (Å²) >= 11 is 5.88. The molecule has 1 aromatic heterocycles. The van der Waals surface area contributed by atoms with E-state index in [1.54, 1.807) is 22.6 Å². The number of hydrogen-bond donors (Lipinski definition) is 0. The van der Waals surface area contributed by atoms with E-state index in [4.69, 9.17) is 16.6 Å². The number of carbonyl (C=O) groups excluding carboxylic acids is 1. The van der Waals surface area contributed by atoms with Gasteiger partial charge in [-0.1, -0.05) is 23.7 Å². The molecule has 1 aliphatic heterocycles. The predicted octanol–water partition coefficient (Wildman–Crippen LogP) is 3.40. The van der Waals surface area contributed by atoms with Gasteiger partial charge in [0, 0.05) is 44.4 Å². The highest BCUT2D eigenvalue weighted by Crippen LogP contribution is 2.28. The van der Waals surface area contributed by atoms with Gasteiger partial charge < -0.3 is 4.90 Å². The van der Waals surface area contributed by atoms with Crippen molar-refractivity contribution in [1.82, 2.24) is 19.4 Å². The van der Waals surface area contributed by atoms with Crippen molar-refractivity contribution in [3.05, 3.63) is 79.3 Å². The molecule has 0 bridgehead atoms. The first-order valence-corrected chi connectivity index (χ1v) is 11.0. The predicted molar refractivity (Wildman–Crippen MR) is 126 cm³/mol. The molecule has 9 nitrogen and oxygen atoms in total. The summed E-state index contributed by atoms with van der Waals surface area (Å²) in [5, 5.41) is 11.8. The number of nitro benzene ring substituents is 1. The van der Waals surface area contributed by atoms with Crippen molar-refractivity contribution in [2.45, 2.75) is 25.9 Å². The molecule has 10 heteroatoms. The first-order valence-electron chi connectivity index (χ1n) is 10.6. The Hall–Kier alpha value is -3.30. The summed E-state index contributed by atoms with van der Waals surface area (Å²) in [5.41, 5.74) is 0.519. The molecule has 1 saturated heterocycles. The third-order valence-corrected chi connectivity index (χ3v) is 6.57. The third-order valence-electron chi connectivity index (χ3n) is 6.25. The van der Waals surface area contributed by atoms with Crippen LogP contribution in [0.15, 0.2) is 47.3 Å². The van der Waals surface area contributed by atoms with E-state index in [1.807, 2.05) is 32.0 Å². The lowest BCUT2D eigenvalue weighted by Gasteiger charge is -2.42. The summed E-state index contributed by atoms with van der Waals surface area (Å²) in [4.78, 5) is 45.1. The van der Waals surface area contributed by atoms with E-state index in [-0.39, 0.29) is 39.8 Å². The zero-order valence-electron chi connectivity index (χ0n) is 18.6. The van der Waals surface area contributed by atoms with Crippen LogP contribution in [0.1, 0.15) is 36.1 Å². The van der Waals surface area contributed by atoms with Crippen LogP contribution in [0.25, 0.3) is 10.9 Å². The van der Waals surface area contributed by atoms with Crippen LogP contribution in [0.5, 0.6) is 0 Å². The van der Waals surface area contributed by atoms with Crippen LogP contribution >= 0.6 is 11.6 Å². The average Bonchev–Trinajstić information content (AvgIpc) is 2.80. The topological polar surface area (TPSA) is 102 Å². The minimum atomic E-state index is -0.594. The van der Waals surface area contributed by atoms with E-state index in [0.29, 0.717) is 36.4 Å². The maximum Gasteiger partial charge on any atom is 0.288 e. The zero-order valence-corrected chi connectivity index (χ0v) is 19.3. The quantitative estimate of drug-likeness (QED) is 0.428. The van der Waals surface area contributed by atoms with Crippen LogP contribution in [-0.4, -0.2) is 55.9 Å². The standard InChI is InChI=1S/C23H24ClN5O4/c1-14-13-27(15(2)21-25-19-7-5-4-6-17(19)23(31)26(21)3)10-11-28(14)22(30)16-8-9-18(24)20(12-16)29(32)33/h4-9,12,14-15H,10-11,13H2,1-3H3.